The van der Waals surface area contributed by atoms with Gasteiger partial charge in [0.15, 0.2) is 0 Å². The number of aliphatic hydroxyl groups excluding tert-OH is 1. The molecule has 19 heavy (non-hydrogen) atoms. The topological polar surface area (TPSA) is 70.6 Å². The van der Waals surface area contributed by atoms with E-state index in [0.29, 0.717) is 5.84 Å². The third kappa shape index (κ3) is 2.06. The van der Waals surface area contributed by atoms with Crippen LogP contribution in [0.2, 0.25) is 0 Å². The average Bonchev–Trinajstić information content (AvgIpc) is 2.47. The van der Waals surface area contributed by atoms with E-state index in [4.69, 9.17) is 5.73 Å². The van der Waals surface area contributed by atoms with Crippen molar-refractivity contribution in [1.29, 1.82) is 0 Å². The van der Waals surface area contributed by atoms with Crippen LogP contribution in [0.25, 0.3) is 0 Å². The fourth-order valence-electron chi connectivity index (χ4n) is 2.31. The number of benzene rings is 2. The third-order valence-electron chi connectivity index (χ3n) is 3.28. The first-order valence-corrected chi connectivity index (χ1v) is 6.17. The lowest BCUT2D eigenvalue weighted by Gasteiger charge is -2.25. The Morgan fingerprint density at radius 3 is 2.68 bits per heavy atom. The standard InChI is InChI=1S/C15H15N3O/c16-14-12-7-3-4-8-13(12)17-15(18-14)11-6-2-1-5-10(11)9-19/h1-8,15,17,19H,9H2,(H2,16,18). The fourth-order valence-corrected chi connectivity index (χ4v) is 2.31. The van der Waals surface area contributed by atoms with Gasteiger partial charge in [-0.3, -0.25) is 0 Å². The van der Waals surface area contributed by atoms with E-state index in [1.54, 1.807) is 0 Å². The van der Waals surface area contributed by atoms with Crippen molar-refractivity contribution >= 4 is 11.5 Å². The maximum Gasteiger partial charge on any atom is 0.147 e. The highest BCUT2D eigenvalue weighted by Gasteiger charge is 2.20. The van der Waals surface area contributed by atoms with Crippen LogP contribution in [-0.2, 0) is 6.61 Å². The van der Waals surface area contributed by atoms with Gasteiger partial charge in [-0.05, 0) is 17.7 Å². The number of fused-ring (bicyclic) bond motifs is 1. The molecule has 0 fully saturated rings. The number of aliphatic imine (C=N–C) groups is 1. The molecule has 0 radical (unpaired) electrons. The molecule has 4 nitrogen and oxygen atoms in total. The molecule has 0 saturated heterocycles. The van der Waals surface area contributed by atoms with Gasteiger partial charge in [0.25, 0.3) is 0 Å². The van der Waals surface area contributed by atoms with E-state index in [9.17, 15) is 5.11 Å². The van der Waals surface area contributed by atoms with Gasteiger partial charge in [-0.2, -0.15) is 0 Å². The first-order valence-electron chi connectivity index (χ1n) is 6.17. The minimum Gasteiger partial charge on any atom is -0.392 e. The number of aliphatic hydroxyl groups is 1. The molecule has 1 atom stereocenters. The van der Waals surface area contributed by atoms with Crippen LogP contribution in [0.15, 0.2) is 53.5 Å². The predicted octanol–water partition coefficient (Wildman–Crippen LogP) is 2.01. The van der Waals surface area contributed by atoms with E-state index in [2.05, 4.69) is 10.3 Å². The molecule has 4 heteroatoms. The zero-order chi connectivity index (χ0) is 13.2. The second-order valence-electron chi connectivity index (χ2n) is 4.46. The summed E-state index contributed by atoms with van der Waals surface area (Å²) in [5.41, 5.74) is 9.70. The first-order chi connectivity index (χ1) is 9.29. The van der Waals surface area contributed by atoms with Crippen molar-refractivity contribution in [2.75, 3.05) is 5.32 Å². The smallest absolute Gasteiger partial charge is 0.147 e. The molecule has 0 saturated carbocycles. The van der Waals surface area contributed by atoms with Crippen molar-refractivity contribution < 1.29 is 5.11 Å². The molecule has 3 rings (SSSR count). The summed E-state index contributed by atoms with van der Waals surface area (Å²) in [6.45, 7) is -0.00851. The van der Waals surface area contributed by atoms with Gasteiger partial charge in [0.2, 0.25) is 0 Å². The Morgan fingerprint density at radius 1 is 1.11 bits per heavy atom. The summed E-state index contributed by atoms with van der Waals surface area (Å²) in [5.74, 6) is 0.520. The zero-order valence-corrected chi connectivity index (χ0v) is 10.4. The van der Waals surface area contributed by atoms with Crippen molar-refractivity contribution in [2.45, 2.75) is 12.8 Å². The molecule has 0 spiro atoms. The summed E-state index contributed by atoms with van der Waals surface area (Å²) in [4.78, 5) is 4.47. The van der Waals surface area contributed by atoms with Crippen molar-refractivity contribution in [1.82, 2.24) is 0 Å². The summed E-state index contributed by atoms with van der Waals surface area (Å²) in [5, 5.41) is 12.7. The Balaban J connectivity index is 2.04. The molecule has 4 N–H and O–H groups in total. The third-order valence-corrected chi connectivity index (χ3v) is 3.28. The number of nitrogens with two attached hydrogens (primary N) is 1. The Labute approximate surface area is 111 Å². The van der Waals surface area contributed by atoms with Gasteiger partial charge in [0.05, 0.1) is 6.61 Å². The maximum absolute atomic E-state index is 9.40. The molecule has 0 amide bonds. The lowest BCUT2D eigenvalue weighted by atomic mass is 10.0. The zero-order valence-electron chi connectivity index (χ0n) is 10.4. The number of nitrogens with one attached hydrogen (secondary N) is 1. The number of para-hydroxylation sites is 1. The molecule has 0 aliphatic carbocycles. The van der Waals surface area contributed by atoms with E-state index in [1.807, 2.05) is 48.5 Å². The normalized spacial score (nSPS) is 17.3. The van der Waals surface area contributed by atoms with Crippen molar-refractivity contribution in [3.63, 3.8) is 0 Å². The average molecular weight is 253 g/mol. The Morgan fingerprint density at radius 2 is 1.84 bits per heavy atom. The van der Waals surface area contributed by atoms with E-state index in [0.717, 1.165) is 22.4 Å². The van der Waals surface area contributed by atoms with Crippen molar-refractivity contribution in [2.24, 2.45) is 10.7 Å². The lowest BCUT2D eigenvalue weighted by molar-refractivity contribution is 0.280. The van der Waals surface area contributed by atoms with E-state index in [-0.39, 0.29) is 12.8 Å². The van der Waals surface area contributed by atoms with Crippen LogP contribution in [-0.4, -0.2) is 10.9 Å². The minimum absolute atomic E-state index is 0.00851. The Kier molecular flexibility index (Phi) is 2.93. The molecule has 1 aliphatic heterocycles. The second-order valence-corrected chi connectivity index (χ2v) is 4.46. The molecule has 1 unspecified atom stereocenters. The maximum atomic E-state index is 9.40. The van der Waals surface area contributed by atoms with Gasteiger partial charge in [-0.15, -0.1) is 0 Å². The van der Waals surface area contributed by atoms with Gasteiger partial charge >= 0.3 is 0 Å². The Bertz CT molecular complexity index is 637. The summed E-state index contributed by atoms with van der Waals surface area (Å²) in [6, 6.07) is 15.5. The van der Waals surface area contributed by atoms with Crippen LogP contribution in [0.3, 0.4) is 0 Å². The largest absolute Gasteiger partial charge is 0.392 e. The van der Waals surface area contributed by atoms with Crippen LogP contribution in [0.5, 0.6) is 0 Å². The van der Waals surface area contributed by atoms with Crippen LogP contribution in [0.4, 0.5) is 5.69 Å². The SMILES string of the molecule is NC1=NC(c2ccccc2CO)Nc2ccccc21. The summed E-state index contributed by atoms with van der Waals surface area (Å²) in [6.07, 6.45) is -0.252. The molecule has 2 aromatic rings. The summed E-state index contributed by atoms with van der Waals surface area (Å²) >= 11 is 0. The lowest BCUT2D eigenvalue weighted by Crippen LogP contribution is -2.25. The molecule has 1 aliphatic rings. The second kappa shape index (κ2) is 4.74. The first kappa shape index (κ1) is 11.7. The monoisotopic (exact) mass is 253 g/mol. The van der Waals surface area contributed by atoms with Gasteiger partial charge in [0, 0.05) is 16.8 Å². The van der Waals surface area contributed by atoms with Crippen molar-refractivity contribution in [3.05, 3.63) is 65.2 Å². The van der Waals surface area contributed by atoms with Gasteiger partial charge < -0.3 is 16.2 Å². The highest BCUT2D eigenvalue weighted by Crippen LogP contribution is 2.30. The summed E-state index contributed by atoms with van der Waals surface area (Å²) in [7, 11) is 0. The predicted molar refractivity (Wildman–Crippen MR) is 75.9 cm³/mol. The molecule has 96 valence electrons. The van der Waals surface area contributed by atoms with Crippen LogP contribution in [0.1, 0.15) is 22.9 Å². The van der Waals surface area contributed by atoms with Gasteiger partial charge in [-0.1, -0.05) is 36.4 Å². The van der Waals surface area contributed by atoms with Gasteiger partial charge in [-0.25, -0.2) is 4.99 Å². The number of amidine groups is 1. The van der Waals surface area contributed by atoms with E-state index < -0.39 is 0 Å². The number of nitrogens with zero attached hydrogens (tertiary/aromatic N) is 1. The molecule has 0 bridgehead atoms. The van der Waals surface area contributed by atoms with Crippen molar-refractivity contribution in [3.8, 4) is 0 Å². The number of hydrogen-bond donors (Lipinski definition) is 3. The molecule has 1 heterocycles. The molecular formula is C15H15N3O. The number of hydrogen-bond acceptors (Lipinski definition) is 4. The van der Waals surface area contributed by atoms with E-state index in [1.165, 1.54) is 0 Å². The molecular weight excluding hydrogens is 238 g/mol. The van der Waals surface area contributed by atoms with Crippen LogP contribution < -0.4 is 11.1 Å². The highest BCUT2D eigenvalue weighted by molar-refractivity contribution is 6.03. The molecule has 2 aromatic carbocycles. The van der Waals surface area contributed by atoms with Crippen LogP contribution in [0, 0.1) is 0 Å². The van der Waals surface area contributed by atoms with Gasteiger partial charge in [0.1, 0.15) is 12.0 Å². The van der Waals surface area contributed by atoms with E-state index >= 15 is 0 Å². The van der Waals surface area contributed by atoms with Crippen LogP contribution >= 0.6 is 0 Å². The summed E-state index contributed by atoms with van der Waals surface area (Å²) < 4.78 is 0. The Hall–Kier alpha value is -2.33. The molecule has 0 aromatic heterocycles. The minimum atomic E-state index is -0.252. The number of rotatable bonds is 2. The number of anilines is 1. The fraction of sp³-hybridized carbons (Fsp3) is 0.133. The highest BCUT2D eigenvalue weighted by atomic mass is 16.3. The quantitative estimate of drug-likeness (QED) is 0.766.